The van der Waals surface area contributed by atoms with E-state index in [1.54, 1.807) is 30.3 Å². The smallest absolute Gasteiger partial charge is 0.353 e. The molecule has 7 rings (SSSR count). The highest BCUT2D eigenvalue weighted by molar-refractivity contribution is 5.88. The zero-order valence-electron chi connectivity index (χ0n) is 27.2. The number of aliphatic hydroxyl groups excluding tert-OH is 2. The summed E-state index contributed by atoms with van der Waals surface area (Å²) in [6.45, 7) is 0.569. The minimum atomic E-state index is -2.56. The van der Waals surface area contributed by atoms with Crippen LogP contribution >= 0.6 is 0 Å². The van der Waals surface area contributed by atoms with Crippen molar-refractivity contribution >= 4 is 23.9 Å². The molecule has 0 amide bonds. The van der Waals surface area contributed by atoms with Crippen molar-refractivity contribution in [2.75, 3.05) is 13.6 Å². The second-order valence-corrected chi connectivity index (χ2v) is 13.2. The number of hydrogen-bond donors (Lipinski definition) is 5. The van der Waals surface area contributed by atoms with Crippen LogP contribution < -0.4 is 4.74 Å². The Bertz CT molecular complexity index is 1920. The lowest BCUT2D eigenvalue weighted by molar-refractivity contribution is -0.187. The van der Waals surface area contributed by atoms with Crippen LogP contribution in [0.4, 0.5) is 0 Å². The highest BCUT2D eigenvalue weighted by Gasteiger charge is 2.72. The second kappa shape index (κ2) is 12.8. The molecule has 0 radical (unpaired) electrons. The molecule has 5 N–H and O–H groups in total. The maximum absolute atomic E-state index is 13.3. The molecular formula is C37H35NO13. The van der Waals surface area contributed by atoms with Crippen LogP contribution in [0.25, 0.3) is 0 Å². The van der Waals surface area contributed by atoms with Crippen molar-refractivity contribution in [2.24, 2.45) is 0 Å². The fourth-order valence-electron chi connectivity index (χ4n) is 8.00. The van der Waals surface area contributed by atoms with Gasteiger partial charge in [-0.05, 0) is 44.1 Å². The summed E-state index contributed by atoms with van der Waals surface area (Å²) in [5.74, 6) is -5.90. The Balaban J connectivity index is 1.09. The number of rotatable bonds is 10. The normalized spacial score (nSPS) is 26.6. The molecule has 14 nitrogen and oxygen atoms in total. The van der Waals surface area contributed by atoms with Gasteiger partial charge in [-0.25, -0.2) is 19.2 Å². The summed E-state index contributed by atoms with van der Waals surface area (Å²) < 4.78 is 22.3. The van der Waals surface area contributed by atoms with Crippen LogP contribution in [-0.2, 0) is 45.2 Å². The number of esters is 3. The highest BCUT2D eigenvalue weighted by atomic mass is 16.6. The second-order valence-electron chi connectivity index (χ2n) is 13.2. The van der Waals surface area contributed by atoms with Gasteiger partial charge in [-0.2, -0.15) is 0 Å². The van der Waals surface area contributed by atoms with Crippen molar-refractivity contribution in [2.45, 2.75) is 66.8 Å². The molecule has 2 aliphatic heterocycles. The van der Waals surface area contributed by atoms with Crippen LogP contribution in [0.3, 0.4) is 0 Å². The largest absolute Gasteiger partial charge is 0.504 e. The topological polar surface area (TPSA) is 210 Å². The van der Waals surface area contributed by atoms with E-state index in [0.717, 1.165) is 5.56 Å². The number of carboxylic acids is 1. The molecule has 1 fully saturated rings. The average molecular weight is 702 g/mol. The molecule has 2 aliphatic carbocycles. The maximum atomic E-state index is 13.3. The van der Waals surface area contributed by atoms with Gasteiger partial charge in [0.05, 0.1) is 11.0 Å². The van der Waals surface area contributed by atoms with Crippen LogP contribution in [0, 0.1) is 0 Å². The average Bonchev–Trinajstić information content (AvgIpc) is 3.49. The molecule has 2 bridgehead atoms. The van der Waals surface area contributed by atoms with E-state index in [1.807, 2.05) is 7.05 Å². The molecule has 1 saturated heterocycles. The lowest BCUT2D eigenvalue weighted by Gasteiger charge is -2.61. The summed E-state index contributed by atoms with van der Waals surface area (Å²) in [6, 6.07) is 18.0. The zero-order chi connectivity index (χ0) is 36.2. The predicted octanol–water partition coefficient (Wildman–Crippen LogP) is 1.59. The number of likely N-dealkylation sites (N-methyl/N-ethyl adjacent to an activating group) is 1. The van der Waals surface area contributed by atoms with Crippen LogP contribution in [0.2, 0.25) is 0 Å². The highest BCUT2D eigenvalue weighted by Crippen LogP contribution is 2.65. The van der Waals surface area contributed by atoms with E-state index in [1.165, 1.54) is 48.5 Å². The zero-order valence-corrected chi connectivity index (χ0v) is 27.2. The van der Waals surface area contributed by atoms with E-state index in [2.05, 4.69) is 4.90 Å². The van der Waals surface area contributed by atoms with Gasteiger partial charge in [0.15, 0.2) is 29.8 Å². The summed E-state index contributed by atoms with van der Waals surface area (Å²) >= 11 is 0. The Hall–Kier alpha value is -5.28. The van der Waals surface area contributed by atoms with Gasteiger partial charge in [0.25, 0.3) is 0 Å². The van der Waals surface area contributed by atoms with Gasteiger partial charge in [0.1, 0.15) is 5.76 Å². The third-order valence-electron chi connectivity index (χ3n) is 10.5. The maximum Gasteiger partial charge on any atom is 0.353 e. The molecule has 1 spiro atoms. The number of likely N-dealkylation sites (tertiary alicyclic amines) is 1. The number of nitrogens with zero attached hydrogens (tertiary/aromatic N) is 1. The van der Waals surface area contributed by atoms with Gasteiger partial charge < -0.3 is 49.4 Å². The minimum absolute atomic E-state index is 0.0426. The molecule has 0 saturated carbocycles. The first-order chi connectivity index (χ1) is 24.4. The Morgan fingerprint density at radius 3 is 2.12 bits per heavy atom. The number of aromatic hydroxyl groups is 1. The number of phenolic OH excluding ortho intramolecular Hbond substituents is 1. The lowest BCUT2D eigenvalue weighted by Crippen LogP contribution is -2.74. The molecule has 51 heavy (non-hydrogen) atoms. The minimum Gasteiger partial charge on any atom is -0.504 e. The van der Waals surface area contributed by atoms with Crippen molar-refractivity contribution in [3.63, 3.8) is 0 Å². The van der Waals surface area contributed by atoms with Crippen molar-refractivity contribution < 1.29 is 63.7 Å². The summed E-state index contributed by atoms with van der Waals surface area (Å²) in [4.78, 5) is 53.8. The monoisotopic (exact) mass is 701 g/mol. The first-order valence-corrected chi connectivity index (χ1v) is 16.3. The Kier molecular flexibility index (Phi) is 8.58. The predicted molar refractivity (Wildman–Crippen MR) is 173 cm³/mol. The standard InChI is InChI=1S/C37H35NO13/c1-38-17-16-36-25-21-12-13-22(39)30(25)49-31(36)23(14-15-37(36,47)24(38)18-21)48-33(44)26(40)27(41)34(45)51-29(20-10-6-3-7-11-20)35(46)50-28(32(42)43)19-8-4-2-5-9-19/h2-14,24,26-29,31,39-41,47H,15-18H2,1H3,(H,42,43)/t24-,26-,27-,28+,29+,31+,36+,37-/m1/s1. The number of carbonyl (C=O) groups is 4. The molecule has 2 heterocycles. The van der Waals surface area contributed by atoms with Crippen LogP contribution in [-0.4, -0.2) is 97.9 Å². The van der Waals surface area contributed by atoms with Gasteiger partial charge in [0.2, 0.25) is 12.2 Å². The number of piperidine rings is 1. The number of aliphatic hydroxyl groups is 3. The van der Waals surface area contributed by atoms with Crippen molar-refractivity contribution in [1.82, 2.24) is 4.90 Å². The van der Waals surface area contributed by atoms with E-state index < -0.39 is 65.4 Å². The van der Waals surface area contributed by atoms with Gasteiger partial charge in [-0.3, -0.25) is 0 Å². The first kappa shape index (κ1) is 34.2. The first-order valence-electron chi connectivity index (χ1n) is 16.3. The molecule has 8 atom stereocenters. The third-order valence-corrected chi connectivity index (χ3v) is 10.5. The number of benzene rings is 3. The van der Waals surface area contributed by atoms with Crippen molar-refractivity contribution in [1.29, 1.82) is 0 Å². The third kappa shape index (κ3) is 5.42. The van der Waals surface area contributed by atoms with Gasteiger partial charge in [-0.15, -0.1) is 0 Å². The number of carbonyl (C=O) groups excluding carboxylic acids is 3. The molecule has 14 heteroatoms. The number of phenols is 1. The van der Waals surface area contributed by atoms with Crippen LogP contribution in [0.5, 0.6) is 11.5 Å². The number of ether oxygens (including phenoxy) is 4. The summed E-state index contributed by atoms with van der Waals surface area (Å²) in [5, 5.41) is 54.3. The van der Waals surface area contributed by atoms with E-state index in [-0.39, 0.29) is 40.8 Å². The van der Waals surface area contributed by atoms with E-state index in [0.29, 0.717) is 24.9 Å². The molecule has 0 aromatic heterocycles. The Morgan fingerprint density at radius 2 is 1.47 bits per heavy atom. The van der Waals surface area contributed by atoms with Gasteiger partial charge in [-0.1, -0.05) is 66.7 Å². The van der Waals surface area contributed by atoms with Crippen LogP contribution in [0.1, 0.15) is 47.3 Å². The van der Waals surface area contributed by atoms with Gasteiger partial charge >= 0.3 is 23.9 Å². The fourth-order valence-corrected chi connectivity index (χ4v) is 8.00. The molecule has 0 unspecified atom stereocenters. The molecule has 3 aromatic carbocycles. The summed E-state index contributed by atoms with van der Waals surface area (Å²) in [7, 11) is 1.92. The molecule has 266 valence electrons. The Morgan fingerprint density at radius 1 is 0.863 bits per heavy atom. The summed E-state index contributed by atoms with van der Waals surface area (Å²) in [6.07, 6.45) is -7.40. The number of hydrogen-bond acceptors (Lipinski definition) is 13. The fraction of sp³-hybridized carbons (Fsp3) is 0.351. The summed E-state index contributed by atoms with van der Waals surface area (Å²) in [5.41, 5.74) is -0.746. The number of aliphatic carboxylic acids is 1. The molecular weight excluding hydrogens is 666 g/mol. The Labute approximate surface area is 291 Å². The molecule has 4 aliphatic rings. The molecule has 3 aromatic rings. The van der Waals surface area contributed by atoms with Crippen LogP contribution in [0.15, 0.2) is 84.6 Å². The lowest BCUT2D eigenvalue weighted by atomic mass is 9.50. The SMILES string of the molecule is CN1CC[C@]23c4c5ccc(O)c4O[C@H]2C(OC(=O)[C@H](O)[C@@H](O)C(=O)O[C@H](C(=O)O[C@H](C(=O)O)c2ccccc2)c2ccccc2)=CC[C@@]3(O)[C@H]1C5. The van der Waals surface area contributed by atoms with Gasteiger partial charge in [0, 0.05) is 29.2 Å². The quantitative estimate of drug-likeness (QED) is 0.150. The van der Waals surface area contributed by atoms with Crippen molar-refractivity contribution in [3.05, 3.63) is 107 Å². The number of carboxylic acid groups (broad SMARTS) is 1. The van der Waals surface area contributed by atoms with E-state index >= 15 is 0 Å². The van der Waals surface area contributed by atoms with E-state index in [9.17, 15) is 44.7 Å². The van der Waals surface area contributed by atoms with E-state index in [4.69, 9.17) is 18.9 Å². The van der Waals surface area contributed by atoms with Crippen molar-refractivity contribution in [3.8, 4) is 11.5 Å².